The van der Waals surface area contributed by atoms with Crippen LogP contribution in [0.4, 0.5) is 0 Å². The van der Waals surface area contributed by atoms with Crippen LogP contribution in [0.3, 0.4) is 0 Å². The fourth-order valence-electron chi connectivity index (χ4n) is 1.20. The first-order valence-electron chi connectivity index (χ1n) is 3.63. The summed E-state index contributed by atoms with van der Waals surface area (Å²) in [4.78, 5) is 11.6. The molecule has 0 aliphatic carbocycles. The molecule has 0 saturated carbocycles. The third-order valence-corrected chi connectivity index (χ3v) is 3.86. The summed E-state index contributed by atoms with van der Waals surface area (Å²) >= 11 is 6.73. The molecule has 0 amide bonds. The molecule has 0 saturated heterocycles. The van der Waals surface area contributed by atoms with Gasteiger partial charge in [-0.15, -0.1) is 0 Å². The second-order valence-corrected chi connectivity index (χ2v) is 4.36. The summed E-state index contributed by atoms with van der Waals surface area (Å²) in [5.41, 5.74) is 0.651. The minimum Gasteiger partial charge on any atom is -0.315 e. The van der Waals surface area contributed by atoms with Crippen LogP contribution in [0.5, 0.6) is 0 Å². The molecular weight excluding hydrogens is 300 g/mol. The molecule has 2 rings (SSSR count). The third-order valence-electron chi connectivity index (χ3n) is 1.91. The molecule has 0 N–H and O–H groups in total. The van der Waals surface area contributed by atoms with Crippen molar-refractivity contribution in [1.29, 1.82) is 0 Å². The first kappa shape index (κ1) is 9.02. The zero-order chi connectivity index (χ0) is 9.59. The Hall–Kier alpha value is -0.550. The Morgan fingerprint density at radius 1 is 1.31 bits per heavy atom. The van der Waals surface area contributed by atoms with Crippen molar-refractivity contribution in [3.63, 3.8) is 0 Å². The lowest BCUT2D eigenvalue weighted by atomic mass is 10.5. The highest BCUT2D eigenvalue weighted by Crippen LogP contribution is 2.25. The molecular formula is C8H6Br2N2O. The van der Waals surface area contributed by atoms with Crippen molar-refractivity contribution in [2.75, 3.05) is 0 Å². The van der Waals surface area contributed by atoms with E-state index in [-0.39, 0.29) is 5.56 Å². The summed E-state index contributed by atoms with van der Waals surface area (Å²) in [5, 5.41) is 0. The lowest BCUT2D eigenvalue weighted by Crippen LogP contribution is -2.17. The van der Waals surface area contributed by atoms with E-state index in [1.54, 1.807) is 28.3 Å². The van der Waals surface area contributed by atoms with Gasteiger partial charge in [0.1, 0.15) is 10.1 Å². The Bertz CT molecular complexity index is 527. The molecule has 0 unspecified atom stereocenters. The number of aromatic nitrogens is 2. The zero-order valence-corrected chi connectivity index (χ0v) is 9.96. The van der Waals surface area contributed by atoms with Gasteiger partial charge in [-0.1, -0.05) is 0 Å². The molecule has 5 heteroatoms. The van der Waals surface area contributed by atoms with Gasteiger partial charge >= 0.3 is 0 Å². The first-order chi connectivity index (χ1) is 6.11. The quantitative estimate of drug-likeness (QED) is 0.732. The van der Waals surface area contributed by atoms with Gasteiger partial charge in [0, 0.05) is 19.4 Å². The Labute approximate surface area is 91.2 Å². The van der Waals surface area contributed by atoms with E-state index in [1.807, 2.05) is 6.20 Å². The van der Waals surface area contributed by atoms with Gasteiger partial charge in [-0.2, -0.15) is 0 Å². The van der Waals surface area contributed by atoms with E-state index in [4.69, 9.17) is 0 Å². The number of fused-ring (bicyclic) bond motifs is 1. The summed E-state index contributed by atoms with van der Waals surface area (Å²) < 4.78 is 5.09. The molecule has 3 nitrogen and oxygen atoms in total. The molecule has 0 radical (unpaired) electrons. The van der Waals surface area contributed by atoms with Crippen LogP contribution in [0.25, 0.3) is 5.52 Å². The average molecular weight is 306 g/mol. The van der Waals surface area contributed by atoms with E-state index in [9.17, 15) is 4.79 Å². The largest absolute Gasteiger partial charge is 0.315 e. The van der Waals surface area contributed by atoms with E-state index in [0.717, 1.165) is 9.08 Å². The SMILES string of the molecule is Cn1ccn2c(Br)c(Br)cc2c1=O. The Morgan fingerprint density at radius 2 is 2.00 bits per heavy atom. The number of nitrogens with zero attached hydrogens (tertiary/aromatic N) is 2. The maximum atomic E-state index is 11.6. The van der Waals surface area contributed by atoms with Crippen molar-refractivity contribution in [3.8, 4) is 0 Å². The van der Waals surface area contributed by atoms with Crippen molar-refractivity contribution in [2.45, 2.75) is 0 Å². The smallest absolute Gasteiger partial charge is 0.274 e. The van der Waals surface area contributed by atoms with Gasteiger partial charge in [-0.25, -0.2) is 0 Å². The van der Waals surface area contributed by atoms with Gasteiger partial charge in [-0.3, -0.25) is 4.79 Å². The normalized spacial score (nSPS) is 11.0. The Balaban J connectivity index is 3.03. The fourth-order valence-corrected chi connectivity index (χ4v) is 2.03. The second kappa shape index (κ2) is 2.99. The van der Waals surface area contributed by atoms with Gasteiger partial charge in [0.2, 0.25) is 0 Å². The number of aryl methyl sites for hydroxylation is 1. The average Bonchev–Trinajstić information content (AvgIpc) is 2.38. The van der Waals surface area contributed by atoms with Gasteiger partial charge < -0.3 is 8.97 Å². The molecule has 0 fully saturated rings. The maximum absolute atomic E-state index is 11.6. The molecule has 13 heavy (non-hydrogen) atoms. The summed E-state index contributed by atoms with van der Waals surface area (Å²) in [7, 11) is 1.73. The van der Waals surface area contributed by atoms with Gasteiger partial charge in [0.15, 0.2) is 0 Å². The molecule has 0 aromatic carbocycles. The van der Waals surface area contributed by atoms with Crippen LogP contribution >= 0.6 is 31.9 Å². The standard InChI is InChI=1S/C8H6Br2N2O/c1-11-2-3-12-6(8(11)13)4-5(9)7(12)10/h2-4H,1H3. The lowest BCUT2D eigenvalue weighted by Gasteiger charge is -1.98. The molecule has 68 valence electrons. The topological polar surface area (TPSA) is 26.4 Å². The van der Waals surface area contributed by atoms with Crippen LogP contribution in [0.2, 0.25) is 0 Å². The van der Waals surface area contributed by atoms with Gasteiger partial charge in [-0.05, 0) is 37.9 Å². The third kappa shape index (κ3) is 1.26. The van der Waals surface area contributed by atoms with Crippen LogP contribution in [0.15, 0.2) is 32.3 Å². The highest BCUT2D eigenvalue weighted by Gasteiger charge is 2.07. The summed E-state index contributed by atoms with van der Waals surface area (Å²) in [6.45, 7) is 0. The predicted octanol–water partition coefficient (Wildman–Crippen LogP) is 2.16. The van der Waals surface area contributed by atoms with Crippen molar-refractivity contribution < 1.29 is 0 Å². The van der Waals surface area contributed by atoms with Gasteiger partial charge in [0.25, 0.3) is 5.56 Å². The molecule has 0 aliphatic heterocycles. The van der Waals surface area contributed by atoms with Crippen LogP contribution < -0.4 is 5.56 Å². The number of hydrogen-bond donors (Lipinski definition) is 0. The second-order valence-electron chi connectivity index (χ2n) is 2.75. The van der Waals surface area contributed by atoms with Crippen LogP contribution in [0, 0.1) is 0 Å². The van der Waals surface area contributed by atoms with Crippen LogP contribution in [-0.4, -0.2) is 8.97 Å². The number of halogens is 2. The van der Waals surface area contributed by atoms with Crippen molar-refractivity contribution in [1.82, 2.24) is 8.97 Å². The molecule has 0 bridgehead atoms. The van der Waals surface area contributed by atoms with Crippen LogP contribution in [0.1, 0.15) is 0 Å². The molecule has 0 aliphatic rings. The minimum atomic E-state index is -0.00565. The van der Waals surface area contributed by atoms with E-state index >= 15 is 0 Å². The predicted molar refractivity (Wildman–Crippen MR) is 58.0 cm³/mol. The molecule has 2 heterocycles. The van der Waals surface area contributed by atoms with E-state index in [2.05, 4.69) is 31.9 Å². The summed E-state index contributed by atoms with van der Waals surface area (Å²) in [6, 6.07) is 1.80. The number of rotatable bonds is 0. The molecule has 2 aromatic rings. The maximum Gasteiger partial charge on any atom is 0.274 e. The molecule has 0 atom stereocenters. The summed E-state index contributed by atoms with van der Waals surface area (Å²) in [6.07, 6.45) is 3.57. The van der Waals surface area contributed by atoms with Gasteiger partial charge in [0.05, 0.1) is 4.47 Å². The Morgan fingerprint density at radius 3 is 2.69 bits per heavy atom. The Kier molecular flexibility index (Phi) is 2.08. The monoisotopic (exact) mass is 304 g/mol. The molecule has 2 aromatic heterocycles. The zero-order valence-electron chi connectivity index (χ0n) is 6.79. The van der Waals surface area contributed by atoms with Crippen molar-refractivity contribution in [3.05, 3.63) is 37.9 Å². The van der Waals surface area contributed by atoms with E-state index in [1.165, 1.54) is 0 Å². The molecule has 0 spiro atoms. The highest BCUT2D eigenvalue weighted by molar-refractivity contribution is 9.13. The van der Waals surface area contributed by atoms with E-state index < -0.39 is 0 Å². The summed E-state index contributed by atoms with van der Waals surface area (Å²) in [5.74, 6) is 0. The fraction of sp³-hybridized carbons (Fsp3) is 0.125. The van der Waals surface area contributed by atoms with E-state index in [0.29, 0.717) is 5.52 Å². The minimum absolute atomic E-state index is 0.00565. The lowest BCUT2D eigenvalue weighted by molar-refractivity contribution is 0.844. The number of hydrogen-bond acceptors (Lipinski definition) is 1. The highest BCUT2D eigenvalue weighted by atomic mass is 79.9. The van der Waals surface area contributed by atoms with Crippen molar-refractivity contribution >= 4 is 37.4 Å². The van der Waals surface area contributed by atoms with Crippen LogP contribution in [-0.2, 0) is 7.05 Å². The first-order valence-corrected chi connectivity index (χ1v) is 5.21. The van der Waals surface area contributed by atoms with Crippen molar-refractivity contribution in [2.24, 2.45) is 7.05 Å².